The van der Waals surface area contributed by atoms with E-state index in [-0.39, 0.29) is 11.6 Å². The lowest BCUT2D eigenvalue weighted by atomic mass is 10.1. The van der Waals surface area contributed by atoms with Gasteiger partial charge in [-0.1, -0.05) is 29.6 Å². The number of nitrogens with two attached hydrogens (primary N) is 1. The van der Waals surface area contributed by atoms with Crippen molar-refractivity contribution >= 4 is 51.7 Å². The zero-order valence-corrected chi connectivity index (χ0v) is 21.4. The molecular formula is C26H23ClN6O2S. The Kier molecular flexibility index (Phi) is 6.34. The molecule has 5 aromatic rings. The normalized spacial score (nSPS) is 11.1. The molecule has 182 valence electrons. The third-order valence-corrected chi connectivity index (χ3v) is 6.44. The summed E-state index contributed by atoms with van der Waals surface area (Å²) in [6, 6.07) is 14.7. The van der Waals surface area contributed by atoms with Gasteiger partial charge in [0.15, 0.2) is 0 Å². The number of anilines is 2. The second kappa shape index (κ2) is 9.60. The highest BCUT2D eigenvalue weighted by Crippen LogP contribution is 2.29. The lowest BCUT2D eigenvalue weighted by Gasteiger charge is -2.10. The highest BCUT2D eigenvalue weighted by atomic mass is 35.5. The number of H-pyrrole nitrogens is 1. The van der Waals surface area contributed by atoms with Crippen molar-refractivity contribution in [2.24, 2.45) is 0 Å². The van der Waals surface area contributed by atoms with E-state index >= 15 is 0 Å². The van der Waals surface area contributed by atoms with Crippen LogP contribution in [0.25, 0.3) is 16.6 Å². The van der Waals surface area contributed by atoms with Crippen LogP contribution in [0.3, 0.4) is 0 Å². The Hall–Kier alpha value is -3.95. The maximum atomic E-state index is 13.3. The van der Waals surface area contributed by atoms with Crippen molar-refractivity contribution in [3.05, 3.63) is 88.3 Å². The van der Waals surface area contributed by atoms with Crippen molar-refractivity contribution in [1.82, 2.24) is 19.7 Å². The van der Waals surface area contributed by atoms with Gasteiger partial charge in [-0.05, 0) is 61.4 Å². The first-order chi connectivity index (χ1) is 17.3. The number of hydrogen-bond acceptors (Lipinski definition) is 7. The number of ketones is 1. The molecule has 0 aliphatic rings. The van der Waals surface area contributed by atoms with Gasteiger partial charge < -0.3 is 20.2 Å². The molecule has 0 amide bonds. The molecular weight excluding hydrogens is 496 g/mol. The largest absolute Gasteiger partial charge is 0.439 e. The fourth-order valence-corrected chi connectivity index (χ4v) is 4.58. The average Bonchev–Trinajstić information content (AvgIpc) is 3.42. The number of rotatable bonds is 7. The minimum Gasteiger partial charge on any atom is -0.439 e. The predicted octanol–water partition coefficient (Wildman–Crippen LogP) is 6.31. The van der Waals surface area contributed by atoms with Gasteiger partial charge in [0.2, 0.25) is 11.7 Å². The standard InChI is InChI=1S/C26H23ClN6O2S/c1-14-7-16-9-22(31-21(16)11-20(14)32-36-3)25(34)19-12-30-33(26(19)28)23-13-29-24(8-15(23)2)35-18-6-4-5-17(27)10-18/h4-13,31-32H,28H2,1-3H3. The van der Waals surface area contributed by atoms with Crippen molar-refractivity contribution in [3.63, 3.8) is 0 Å². The fraction of sp³-hybridized carbons (Fsp3) is 0.115. The molecule has 0 bridgehead atoms. The van der Waals surface area contributed by atoms with Gasteiger partial charge in [0.1, 0.15) is 11.6 Å². The van der Waals surface area contributed by atoms with Gasteiger partial charge in [0.05, 0.1) is 29.3 Å². The number of aryl methyl sites for hydroxylation is 2. The van der Waals surface area contributed by atoms with Gasteiger partial charge in [-0.3, -0.25) is 4.79 Å². The molecule has 0 radical (unpaired) electrons. The number of aromatic nitrogens is 4. The van der Waals surface area contributed by atoms with Crippen molar-refractivity contribution < 1.29 is 9.53 Å². The van der Waals surface area contributed by atoms with Gasteiger partial charge in [-0.15, -0.1) is 0 Å². The number of hydrogen-bond donors (Lipinski definition) is 3. The Morgan fingerprint density at radius 2 is 1.97 bits per heavy atom. The molecule has 0 unspecified atom stereocenters. The number of fused-ring (bicyclic) bond motifs is 1. The third-order valence-electron chi connectivity index (χ3n) is 5.78. The van der Waals surface area contributed by atoms with Crippen LogP contribution in [0.2, 0.25) is 5.02 Å². The SMILES string of the molecule is CSNc1cc2[nH]c(C(=O)c3cnn(-c4cnc(Oc5cccc(Cl)c5)cc4C)c3N)cc2cc1C. The average molecular weight is 519 g/mol. The number of ether oxygens (including phenoxy) is 1. The Labute approximate surface area is 217 Å². The van der Waals surface area contributed by atoms with E-state index in [1.165, 1.54) is 22.8 Å². The Morgan fingerprint density at radius 1 is 1.14 bits per heavy atom. The van der Waals surface area contributed by atoms with Gasteiger partial charge in [-0.2, -0.15) is 5.10 Å². The summed E-state index contributed by atoms with van der Waals surface area (Å²) in [6.45, 7) is 3.92. The van der Waals surface area contributed by atoms with E-state index in [0.717, 1.165) is 27.7 Å². The molecule has 0 aliphatic heterocycles. The monoisotopic (exact) mass is 518 g/mol. The Morgan fingerprint density at radius 3 is 2.72 bits per heavy atom. The third kappa shape index (κ3) is 4.50. The minimum absolute atomic E-state index is 0.230. The fourth-order valence-electron chi connectivity index (χ4n) is 3.96. The summed E-state index contributed by atoms with van der Waals surface area (Å²) in [5.74, 6) is 0.981. The molecule has 0 saturated heterocycles. The molecule has 0 fully saturated rings. The summed E-state index contributed by atoms with van der Waals surface area (Å²) in [5.41, 5.74) is 11.5. The first kappa shape index (κ1) is 23.8. The van der Waals surface area contributed by atoms with E-state index in [4.69, 9.17) is 22.1 Å². The second-order valence-electron chi connectivity index (χ2n) is 8.30. The van der Waals surface area contributed by atoms with Gasteiger partial charge in [0, 0.05) is 33.9 Å². The van der Waals surface area contributed by atoms with E-state index in [2.05, 4.69) is 19.8 Å². The van der Waals surface area contributed by atoms with Crippen molar-refractivity contribution in [2.45, 2.75) is 13.8 Å². The molecule has 8 nitrogen and oxygen atoms in total. The molecule has 3 heterocycles. The summed E-state index contributed by atoms with van der Waals surface area (Å²) in [4.78, 5) is 20.9. The number of nitrogen functional groups attached to an aromatic ring is 1. The number of halogens is 1. The quantitative estimate of drug-likeness (QED) is 0.171. The molecule has 0 spiro atoms. The lowest BCUT2D eigenvalue weighted by molar-refractivity contribution is 0.103. The molecule has 36 heavy (non-hydrogen) atoms. The number of nitrogens with one attached hydrogen (secondary N) is 2. The molecule has 0 aliphatic carbocycles. The van der Waals surface area contributed by atoms with E-state index in [1.54, 1.807) is 36.5 Å². The Bertz CT molecular complexity index is 1610. The van der Waals surface area contributed by atoms with E-state index in [1.807, 2.05) is 38.3 Å². The maximum Gasteiger partial charge on any atom is 0.219 e. The van der Waals surface area contributed by atoms with Gasteiger partial charge >= 0.3 is 0 Å². The summed E-state index contributed by atoms with van der Waals surface area (Å²) < 4.78 is 10.6. The van der Waals surface area contributed by atoms with Crippen molar-refractivity contribution in [2.75, 3.05) is 16.7 Å². The molecule has 4 N–H and O–H groups in total. The lowest BCUT2D eigenvalue weighted by Crippen LogP contribution is -2.08. The van der Waals surface area contributed by atoms with E-state index in [0.29, 0.717) is 33.6 Å². The summed E-state index contributed by atoms with van der Waals surface area (Å²) >= 11 is 7.54. The number of carbonyl (C=O) groups is 1. The molecule has 0 atom stereocenters. The zero-order chi connectivity index (χ0) is 25.4. The van der Waals surface area contributed by atoms with Crippen LogP contribution in [-0.4, -0.2) is 31.8 Å². The first-order valence-corrected chi connectivity index (χ1v) is 12.7. The number of carbonyl (C=O) groups excluding carboxylic acids is 1. The number of benzene rings is 2. The van der Waals surface area contributed by atoms with Crippen LogP contribution in [0.1, 0.15) is 27.2 Å². The molecule has 0 saturated carbocycles. The van der Waals surface area contributed by atoms with E-state index < -0.39 is 0 Å². The molecule has 5 rings (SSSR count). The van der Waals surface area contributed by atoms with Crippen LogP contribution in [0.15, 0.2) is 60.9 Å². The van der Waals surface area contributed by atoms with Crippen LogP contribution in [0.5, 0.6) is 11.6 Å². The molecule has 10 heteroatoms. The van der Waals surface area contributed by atoms with Crippen molar-refractivity contribution in [3.8, 4) is 17.3 Å². The number of aromatic amines is 1. The number of nitrogens with zero attached hydrogens (tertiary/aromatic N) is 3. The van der Waals surface area contributed by atoms with Crippen LogP contribution in [-0.2, 0) is 0 Å². The van der Waals surface area contributed by atoms with Gasteiger partial charge in [-0.25, -0.2) is 9.67 Å². The minimum atomic E-state index is -0.237. The maximum absolute atomic E-state index is 13.3. The van der Waals surface area contributed by atoms with Crippen LogP contribution >= 0.6 is 23.5 Å². The van der Waals surface area contributed by atoms with Crippen LogP contribution < -0.4 is 15.2 Å². The van der Waals surface area contributed by atoms with E-state index in [9.17, 15) is 4.79 Å². The van der Waals surface area contributed by atoms with Crippen molar-refractivity contribution in [1.29, 1.82) is 0 Å². The highest BCUT2D eigenvalue weighted by molar-refractivity contribution is 7.99. The molecule has 3 aromatic heterocycles. The van der Waals surface area contributed by atoms with Gasteiger partial charge in [0.25, 0.3) is 0 Å². The van der Waals surface area contributed by atoms with Crippen LogP contribution in [0, 0.1) is 13.8 Å². The second-order valence-corrected chi connectivity index (χ2v) is 9.35. The number of pyridine rings is 1. The predicted molar refractivity (Wildman–Crippen MR) is 146 cm³/mol. The smallest absolute Gasteiger partial charge is 0.219 e. The topological polar surface area (TPSA) is 111 Å². The summed E-state index contributed by atoms with van der Waals surface area (Å²) in [7, 11) is 0. The molecule has 2 aromatic carbocycles. The Balaban J connectivity index is 1.42. The zero-order valence-electron chi connectivity index (χ0n) is 19.8. The van der Waals surface area contributed by atoms with Crippen LogP contribution in [0.4, 0.5) is 11.5 Å². The highest BCUT2D eigenvalue weighted by Gasteiger charge is 2.21. The first-order valence-electron chi connectivity index (χ1n) is 11.0. The summed E-state index contributed by atoms with van der Waals surface area (Å²) in [5, 5.41) is 5.89. The summed E-state index contributed by atoms with van der Waals surface area (Å²) in [6.07, 6.45) is 5.05.